The lowest BCUT2D eigenvalue weighted by Crippen LogP contribution is -2.34. The van der Waals surface area contributed by atoms with Crippen LogP contribution in [0.1, 0.15) is 48.8 Å². The third-order valence-electron chi connectivity index (χ3n) is 7.53. The van der Waals surface area contributed by atoms with Crippen LogP contribution in [0.4, 0.5) is 24.7 Å². The second-order valence-electron chi connectivity index (χ2n) is 10.6. The van der Waals surface area contributed by atoms with Gasteiger partial charge in [0.25, 0.3) is 0 Å². The van der Waals surface area contributed by atoms with Crippen molar-refractivity contribution in [2.75, 3.05) is 29.1 Å². The van der Waals surface area contributed by atoms with Crippen molar-refractivity contribution in [3.05, 3.63) is 83.6 Å². The van der Waals surface area contributed by atoms with Gasteiger partial charge >= 0.3 is 6.18 Å². The van der Waals surface area contributed by atoms with Gasteiger partial charge in [0, 0.05) is 12.5 Å². The first-order valence-electron chi connectivity index (χ1n) is 13.6. The van der Waals surface area contributed by atoms with E-state index in [4.69, 9.17) is 4.74 Å². The molecule has 2 heterocycles. The van der Waals surface area contributed by atoms with E-state index in [0.29, 0.717) is 30.2 Å². The molecule has 11 heteroatoms. The average Bonchev–Trinajstić information content (AvgIpc) is 3.69. The van der Waals surface area contributed by atoms with E-state index < -0.39 is 21.6 Å². The molecule has 1 saturated heterocycles. The second-order valence-corrected chi connectivity index (χ2v) is 12.8. The monoisotopic (exact) mass is 587 g/mol. The molecule has 0 radical (unpaired) electrons. The van der Waals surface area contributed by atoms with Crippen molar-refractivity contribution in [2.24, 2.45) is 0 Å². The third kappa shape index (κ3) is 7.26. The van der Waals surface area contributed by atoms with Crippen molar-refractivity contribution in [2.45, 2.75) is 61.7 Å². The maximum absolute atomic E-state index is 13.0. The zero-order chi connectivity index (χ0) is 29.2. The lowest BCUT2D eigenvalue weighted by Gasteiger charge is -2.25. The molecule has 1 aromatic heterocycles. The molecule has 1 aliphatic heterocycles. The Kier molecular flexibility index (Phi) is 8.37. The fraction of sp³-hybridized carbons (Fsp3) is 0.400. The van der Waals surface area contributed by atoms with E-state index >= 15 is 0 Å². The summed E-state index contributed by atoms with van der Waals surface area (Å²) in [4.78, 5) is 19.5. The number of anilines is 2. The Balaban J connectivity index is 1.23. The van der Waals surface area contributed by atoms with Crippen LogP contribution in [-0.4, -0.2) is 50.4 Å². The molecular formula is C30H32F3N3O4S. The largest absolute Gasteiger partial charge is 0.416 e. The number of hydrogen-bond acceptors (Lipinski definition) is 6. The van der Waals surface area contributed by atoms with E-state index in [1.807, 2.05) is 6.07 Å². The molecule has 1 N–H and O–H groups in total. The van der Waals surface area contributed by atoms with E-state index in [2.05, 4.69) is 15.2 Å². The van der Waals surface area contributed by atoms with Gasteiger partial charge in [-0.05, 0) is 66.8 Å². The van der Waals surface area contributed by atoms with Crippen LogP contribution < -0.4 is 10.2 Å². The summed E-state index contributed by atoms with van der Waals surface area (Å²) in [7, 11) is -3.30. The van der Waals surface area contributed by atoms with Gasteiger partial charge in [0.05, 0.1) is 53.3 Å². The highest BCUT2D eigenvalue weighted by Gasteiger charge is 2.36. The smallest absolute Gasteiger partial charge is 0.376 e. The minimum absolute atomic E-state index is 0.0112. The quantitative estimate of drug-likeness (QED) is 0.332. The zero-order valence-electron chi connectivity index (χ0n) is 22.6. The van der Waals surface area contributed by atoms with Crippen LogP contribution in [0.15, 0.2) is 71.8 Å². The van der Waals surface area contributed by atoms with Crippen molar-refractivity contribution < 1.29 is 31.1 Å². The van der Waals surface area contributed by atoms with E-state index in [0.717, 1.165) is 37.0 Å². The minimum Gasteiger partial charge on any atom is -0.376 e. The normalized spacial score (nSPS) is 19.4. The lowest BCUT2D eigenvalue weighted by atomic mass is 9.95. The maximum atomic E-state index is 13.0. The molecule has 0 spiro atoms. The predicted octanol–water partition coefficient (Wildman–Crippen LogP) is 5.62. The Hall–Kier alpha value is -3.44. The number of aromatic nitrogens is 1. The molecule has 41 heavy (non-hydrogen) atoms. The fourth-order valence-electron chi connectivity index (χ4n) is 5.02. The van der Waals surface area contributed by atoms with Crippen LogP contribution in [0.3, 0.4) is 0 Å². The minimum atomic E-state index is -4.37. The van der Waals surface area contributed by atoms with Crippen LogP contribution in [0, 0.1) is 0 Å². The van der Waals surface area contributed by atoms with Crippen molar-refractivity contribution in [1.82, 2.24) is 4.98 Å². The van der Waals surface area contributed by atoms with E-state index in [1.54, 1.807) is 43.5 Å². The fourth-order valence-corrected chi connectivity index (χ4v) is 5.91. The highest BCUT2D eigenvalue weighted by Crippen LogP contribution is 2.37. The molecule has 5 rings (SSSR count). The Morgan fingerprint density at radius 3 is 2.34 bits per heavy atom. The Morgan fingerprint density at radius 2 is 1.76 bits per heavy atom. The van der Waals surface area contributed by atoms with E-state index in [1.165, 1.54) is 12.1 Å². The molecule has 0 bridgehead atoms. The van der Waals surface area contributed by atoms with Gasteiger partial charge in [-0.3, -0.25) is 4.79 Å². The third-order valence-corrected chi connectivity index (χ3v) is 9.28. The number of hydrogen-bond donors (Lipinski definition) is 1. The first-order valence-corrected chi connectivity index (χ1v) is 15.3. The van der Waals surface area contributed by atoms with Crippen LogP contribution >= 0.6 is 0 Å². The van der Waals surface area contributed by atoms with E-state index in [-0.39, 0.29) is 41.0 Å². The standard InChI is InChI=1S/C30H32F3N3O4S/c1-2-41(38,39)27-12-3-20(4-13-27)15-29(37)35-24-9-14-28(34-17-24)36-18-22(16-25(36)19-40-26-10-11-26)21-5-7-23(8-6-21)30(31,32)33/h3-9,12-14,17,22,25-26H,2,10-11,15-16,18-19H2,1H3,(H,35,37)/t22?,25-/m0/s1. The number of carbonyl (C=O) groups is 1. The summed E-state index contributed by atoms with van der Waals surface area (Å²) in [5.41, 5.74) is 1.40. The predicted molar refractivity (Wildman–Crippen MR) is 150 cm³/mol. The van der Waals surface area contributed by atoms with Crippen molar-refractivity contribution in [3.63, 3.8) is 0 Å². The van der Waals surface area contributed by atoms with Gasteiger partial charge in [-0.1, -0.05) is 31.2 Å². The van der Waals surface area contributed by atoms with Gasteiger partial charge in [0.2, 0.25) is 5.91 Å². The highest BCUT2D eigenvalue weighted by atomic mass is 32.2. The number of halogens is 3. The number of ether oxygens (including phenoxy) is 1. The number of nitrogens with zero attached hydrogens (tertiary/aromatic N) is 2. The number of rotatable bonds is 10. The second kappa shape index (κ2) is 11.8. The molecule has 2 aliphatic rings. The topological polar surface area (TPSA) is 88.6 Å². The Labute approximate surface area is 237 Å². The first-order chi connectivity index (χ1) is 19.5. The van der Waals surface area contributed by atoms with Gasteiger partial charge in [0.15, 0.2) is 9.84 Å². The van der Waals surface area contributed by atoms with Gasteiger partial charge in [-0.2, -0.15) is 13.2 Å². The Bertz CT molecular complexity index is 1460. The number of nitrogens with one attached hydrogen (secondary N) is 1. The summed E-state index contributed by atoms with van der Waals surface area (Å²) >= 11 is 0. The average molecular weight is 588 g/mol. The SMILES string of the molecule is CCS(=O)(=O)c1ccc(CC(=O)Nc2ccc(N3CC(c4ccc(C(F)(F)F)cc4)C[C@H]3COC3CC3)nc2)cc1. The van der Waals surface area contributed by atoms with Crippen LogP contribution in [0.5, 0.6) is 0 Å². The van der Waals surface area contributed by atoms with Crippen molar-refractivity contribution >= 4 is 27.2 Å². The number of amides is 1. The molecular weight excluding hydrogens is 555 g/mol. The summed E-state index contributed by atoms with van der Waals surface area (Å²) in [6, 6.07) is 15.3. The number of pyridine rings is 1. The number of sulfone groups is 1. The first kappa shape index (κ1) is 29.1. The zero-order valence-corrected chi connectivity index (χ0v) is 23.4. The van der Waals surface area contributed by atoms with Gasteiger partial charge < -0.3 is 15.0 Å². The Morgan fingerprint density at radius 1 is 1.05 bits per heavy atom. The molecule has 2 fully saturated rings. The van der Waals surface area contributed by atoms with Crippen LogP contribution in [0.2, 0.25) is 0 Å². The van der Waals surface area contributed by atoms with Crippen molar-refractivity contribution in [3.8, 4) is 0 Å². The van der Waals surface area contributed by atoms with Crippen LogP contribution in [-0.2, 0) is 32.0 Å². The van der Waals surface area contributed by atoms with Gasteiger partial charge in [-0.25, -0.2) is 13.4 Å². The van der Waals surface area contributed by atoms with Crippen LogP contribution in [0.25, 0.3) is 0 Å². The number of carbonyl (C=O) groups excluding carboxylic acids is 1. The van der Waals surface area contributed by atoms with Gasteiger partial charge in [-0.15, -0.1) is 0 Å². The molecule has 2 aromatic carbocycles. The molecule has 1 aliphatic carbocycles. The highest BCUT2D eigenvalue weighted by molar-refractivity contribution is 7.91. The molecule has 3 aromatic rings. The number of benzene rings is 2. The molecule has 2 atom stereocenters. The summed E-state index contributed by atoms with van der Waals surface area (Å²) < 4.78 is 69.1. The number of alkyl halides is 3. The van der Waals surface area contributed by atoms with Crippen molar-refractivity contribution in [1.29, 1.82) is 0 Å². The molecule has 1 unspecified atom stereocenters. The lowest BCUT2D eigenvalue weighted by molar-refractivity contribution is -0.137. The molecule has 1 amide bonds. The summed E-state index contributed by atoms with van der Waals surface area (Å²) in [6.45, 7) is 2.69. The molecule has 7 nitrogen and oxygen atoms in total. The maximum Gasteiger partial charge on any atom is 0.416 e. The summed E-state index contributed by atoms with van der Waals surface area (Å²) in [6.07, 6.45) is 0.387. The van der Waals surface area contributed by atoms with E-state index in [9.17, 15) is 26.4 Å². The van der Waals surface area contributed by atoms with Gasteiger partial charge in [0.1, 0.15) is 5.82 Å². The summed E-state index contributed by atoms with van der Waals surface area (Å²) in [5, 5.41) is 2.82. The molecule has 1 saturated carbocycles. The summed E-state index contributed by atoms with van der Waals surface area (Å²) in [5.74, 6) is 0.487. The molecule has 218 valence electrons.